The molecule has 1 fully saturated rings. The number of thioether (sulfide) groups is 1. The molecule has 54 heavy (non-hydrogen) atoms. The van der Waals surface area contributed by atoms with Crippen LogP contribution in [-0.4, -0.2) is 114 Å². The minimum Gasteiger partial charge on any atom is -0.445 e. The predicted molar refractivity (Wildman–Crippen MR) is 214 cm³/mol. The first kappa shape index (κ1) is 46.7. The van der Waals surface area contributed by atoms with Crippen LogP contribution in [0.2, 0.25) is 0 Å². The molecule has 12 nitrogen and oxygen atoms in total. The number of carbonyl (C=O) groups excluding carboxylic acids is 6. The summed E-state index contributed by atoms with van der Waals surface area (Å²) in [5.74, 6) is -1.09. The lowest BCUT2D eigenvalue weighted by Gasteiger charge is -2.39. The third kappa shape index (κ3) is 13.4. The number of carbonyl (C=O) groups is 6. The maximum Gasteiger partial charge on any atom is 0.410 e. The van der Waals surface area contributed by atoms with E-state index in [1.54, 1.807) is 38.2 Å². The average Bonchev–Trinajstić information content (AvgIpc) is 3.42. The van der Waals surface area contributed by atoms with Gasteiger partial charge in [0.2, 0.25) is 17.7 Å². The summed E-state index contributed by atoms with van der Waals surface area (Å²) in [4.78, 5) is 82.0. The van der Waals surface area contributed by atoms with Gasteiger partial charge in [-0.25, -0.2) is 4.79 Å². The van der Waals surface area contributed by atoms with Gasteiger partial charge in [0, 0.05) is 58.6 Å². The lowest BCUT2D eigenvalue weighted by atomic mass is 9.84. The maximum atomic E-state index is 13.9. The largest absolute Gasteiger partial charge is 0.445 e. The van der Waals surface area contributed by atoms with Gasteiger partial charge in [0.1, 0.15) is 6.61 Å². The number of rotatable bonds is 24. The van der Waals surface area contributed by atoms with Gasteiger partial charge in [0.05, 0.1) is 30.0 Å². The highest BCUT2D eigenvalue weighted by Crippen LogP contribution is 2.27. The van der Waals surface area contributed by atoms with Gasteiger partial charge in [-0.2, -0.15) is 11.8 Å². The number of nitrogens with one attached hydrogen (secondary N) is 1. The second-order valence-electron chi connectivity index (χ2n) is 15.4. The molecule has 304 valence electrons. The van der Waals surface area contributed by atoms with E-state index in [-0.39, 0.29) is 90.4 Å². The lowest BCUT2D eigenvalue weighted by molar-refractivity contribution is -0.145. The Morgan fingerprint density at radius 3 is 2.13 bits per heavy atom. The summed E-state index contributed by atoms with van der Waals surface area (Å²) in [7, 11) is 4.99. The zero-order valence-corrected chi connectivity index (χ0v) is 35.3. The molecule has 1 aliphatic rings. The Balaban J connectivity index is 1.87. The molecule has 1 N–H and O–H groups in total. The maximum absolute atomic E-state index is 13.9. The molecule has 1 aliphatic heterocycles. The average molecular weight is 775 g/mol. The molecular weight excluding hydrogens is 709 g/mol. The molecule has 0 saturated carbocycles. The van der Waals surface area contributed by atoms with E-state index in [4.69, 9.17) is 9.47 Å². The van der Waals surface area contributed by atoms with Crippen molar-refractivity contribution in [2.24, 2.45) is 23.7 Å². The second-order valence-corrected chi connectivity index (χ2v) is 16.4. The first-order chi connectivity index (χ1) is 25.5. The van der Waals surface area contributed by atoms with Crippen molar-refractivity contribution in [2.45, 2.75) is 123 Å². The molecule has 0 aliphatic carbocycles. The molecule has 0 radical (unpaired) electrons. The number of imide groups is 1. The number of ketones is 2. The first-order valence-corrected chi connectivity index (χ1v) is 20.7. The number of hydrogen-bond donors (Lipinski definition) is 1. The molecule has 1 saturated heterocycles. The van der Waals surface area contributed by atoms with E-state index in [1.165, 1.54) is 21.6 Å². The second kappa shape index (κ2) is 22.8. The Morgan fingerprint density at radius 1 is 0.944 bits per heavy atom. The topological polar surface area (TPSA) is 143 Å². The minimum atomic E-state index is -0.768. The Morgan fingerprint density at radius 2 is 1.59 bits per heavy atom. The number of likely N-dealkylation sites (tertiary alicyclic amines) is 1. The highest BCUT2D eigenvalue weighted by molar-refractivity contribution is 8.00. The van der Waals surface area contributed by atoms with Gasteiger partial charge in [-0.05, 0) is 61.5 Å². The summed E-state index contributed by atoms with van der Waals surface area (Å²) in [5.41, 5.74) is 1.50. The zero-order chi connectivity index (χ0) is 40.7. The van der Waals surface area contributed by atoms with E-state index in [0.29, 0.717) is 25.8 Å². The third-order valence-corrected chi connectivity index (χ3v) is 11.7. The van der Waals surface area contributed by atoms with E-state index in [0.717, 1.165) is 24.1 Å². The quantitative estimate of drug-likeness (QED) is 0.0920. The molecule has 4 amide bonds. The van der Waals surface area contributed by atoms with Gasteiger partial charge < -0.3 is 24.6 Å². The van der Waals surface area contributed by atoms with Crippen LogP contribution in [-0.2, 0) is 40.1 Å². The number of benzene rings is 1. The predicted octanol–water partition coefficient (Wildman–Crippen LogP) is 6.45. The molecule has 1 heterocycles. The molecule has 2 rings (SSSR count). The highest BCUT2D eigenvalue weighted by atomic mass is 32.2. The SMILES string of the molecule is CC[C@H](C)[C@@H]([C@@H](C)OC)N(C)C(=O)[C@@H](CC(=O)[C@H](C(C)C)N(C)C(=O)OCc1ccc(NCC(=O)CCCCCN2C(=O)CC(SC)C2=O)cc1)C(C)C. The Bertz CT molecular complexity index is 1390. The fraction of sp³-hybridized carbons (Fsp3) is 0.707. The summed E-state index contributed by atoms with van der Waals surface area (Å²) in [6.45, 7) is 14.4. The molecule has 6 atom stereocenters. The monoisotopic (exact) mass is 774 g/mol. The first-order valence-electron chi connectivity index (χ1n) is 19.4. The van der Waals surface area contributed by atoms with Gasteiger partial charge in [-0.1, -0.05) is 66.5 Å². The van der Waals surface area contributed by atoms with Crippen LogP contribution < -0.4 is 5.32 Å². The fourth-order valence-electron chi connectivity index (χ4n) is 7.14. The van der Waals surface area contributed by atoms with Crippen LogP contribution in [0.15, 0.2) is 24.3 Å². The number of methoxy groups -OCH3 is 1. The number of ether oxygens (including phenoxy) is 2. The van der Waals surface area contributed by atoms with E-state index < -0.39 is 18.1 Å². The minimum absolute atomic E-state index is 0.000531. The molecule has 0 spiro atoms. The van der Waals surface area contributed by atoms with Crippen LogP contribution in [0.5, 0.6) is 0 Å². The summed E-state index contributed by atoms with van der Waals surface area (Å²) in [6.07, 6.45) is 4.72. The van der Waals surface area contributed by atoms with Crippen molar-refractivity contribution in [3.63, 3.8) is 0 Å². The molecule has 1 unspecified atom stereocenters. The number of anilines is 1. The van der Waals surface area contributed by atoms with Crippen LogP contribution in [0.3, 0.4) is 0 Å². The van der Waals surface area contributed by atoms with Gasteiger partial charge in [0.25, 0.3) is 0 Å². The number of unbranched alkanes of at least 4 members (excludes halogenated alkanes) is 2. The van der Waals surface area contributed by atoms with Crippen molar-refractivity contribution in [3.05, 3.63) is 29.8 Å². The third-order valence-electron chi connectivity index (χ3n) is 10.7. The van der Waals surface area contributed by atoms with E-state index in [1.807, 2.05) is 53.0 Å². The number of nitrogens with zero attached hydrogens (tertiary/aromatic N) is 3. The standard InChI is InChI=1S/C41H66N4O8S/c1-12-28(6)38(29(7)52-10)43(8)39(49)33(26(2)3)22-34(47)37(27(4)5)44(9)41(51)53-25-30-17-19-31(20-18-30)42-24-32(46)16-14-13-15-21-45-36(48)23-35(54-11)40(45)50/h17-20,26-29,33,35,37-38,42H,12-16,21-25H2,1-11H3/t28-,29+,33-,35?,37-,38-/m0/s1. The molecule has 1 aromatic rings. The molecular formula is C41H66N4O8S. The zero-order valence-electron chi connectivity index (χ0n) is 34.5. The van der Waals surface area contributed by atoms with E-state index in [2.05, 4.69) is 19.2 Å². The Hall–Kier alpha value is -3.45. The number of hydrogen-bond acceptors (Lipinski definition) is 10. The number of amides is 4. The summed E-state index contributed by atoms with van der Waals surface area (Å²) in [5, 5.41) is 2.86. The van der Waals surface area contributed by atoms with Crippen molar-refractivity contribution in [1.29, 1.82) is 0 Å². The summed E-state index contributed by atoms with van der Waals surface area (Å²) >= 11 is 1.41. The van der Waals surface area contributed by atoms with E-state index in [9.17, 15) is 28.8 Å². The van der Waals surface area contributed by atoms with Crippen LogP contribution in [0.25, 0.3) is 0 Å². The van der Waals surface area contributed by atoms with Gasteiger partial charge >= 0.3 is 6.09 Å². The van der Waals surface area contributed by atoms with Crippen molar-refractivity contribution in [1.82, 2.24) is 14.7 Å². The van der Waals surface area contributed by atoms with Crippen LogP contribution in [0.1, 0.15) is 99.0 Å². The molecule has 0 aromatic heterocycles. The van der Waals surface area contributed by atoms with Crippen LogP contribution >= 0.6 is 11.8 Å². The van der Waals surface area contributed by atoms with Crippen molar-refractivity contribution in [3.8, 4) is 0 Å². The fourth-order valence-corrected chi connectivity index (χ4v) is 7.78. The van der Waals surface area contributed by atoms with Crippen molar-refractivity contribution < 1.29 is 38.2 Å². The number of Topliss-reactive ketones (excluding diaryl/α,β-unsaturated/α-hetero) is 2. The Labute approximate surface area is 327 Å². The lowest BCUT2D eigenvalue weighted by Crippen LogP contribution is -2.52. The van der Waals surface area contributed by atoms with Gasteiger partial charge in [-0.3, -0.25) is 28.9 Å². The van der Waals surface area contributed by atoms with Crippen molar-refractivity contribution in [2.75, 3.05) is 45.9 Å². The Kier molecular flexibility index (Phi) is 19.7. The summed E-state index contributed by atoms with van der Waals surface area (Å²) in [6, 6.07) is 6.33. The molecule has 13 heteroatoms. The van der Waals surface area contributed by atoms with Gasteiger partial charge in [-0.15, -0.1) is 0 Å². The highest BCUT2D eigenvalue weighted by Gasteiger charge is 2.39. The van der Waals surface area contributed by atoms with Crippen LogP contribution in [0.4, 0.5) is 10.5 Å². The normalized spacial score (nSPS) is 17.3. The summed E-state index contributed by atoms with van der Waals surface area (Å²) < 4.78 is 11.2. The smallest absolute Gasteiger partial charge is 0.410 e. The van der Waals surface area contributed by atoms with Crippen molar-refractivity contribution >= 4 is 52.8 Å². The van der Waals surface area contributed by atoms with E-state index >= 15 is 0 Å². The van der Waals surface area contributed by atoms with Crippen LogP contribution in [0, 0.1) is 23.7 Å². The van der Waals surface area contributed by atoms with Gasteiger partial charge in [0.15, 0.2) is 11.6 Å². The molecule has 0 bridgehead atoms. The molecule has 1 aromatic carbocycles. The number of likely N-dealkylation sites (N-methyl/N-ethyl adjacent to an activating group) is 2.